The molecule has 1 saturated heterocycles. The van der Waals surface area contributed by atoms with E-state index in [2.05, 4.69) is 4.90 Å². The molecular weight excluding hydrogens is 385 g/mol. The zero-order valence-corrected chi connectivity index (χ0v) is 17.5. The van der Waals surface area contributed by atoms with Crippen molar-refractivity contribution in [1.29, 1.82) is 0 Å². The Labute approximate surface area is 177 Å². The van der Waals surface area contributed by atoms with Crippen LogP contribution in [0.3, 0.4) is 0 Å². The minimum Gasteiger partial charge on any atom is -0.496 e. The number of likely N-dealkylation sites (tertiary alicyclic amines) is 1. The quantitative estimate of drug-likeness (QED) is 0.652. The number of ether oxygens (including phenoxy) is 2. The normalized spacial score (nSPS) is 15.5. The summed E-state index contributed by atoms with van der Waals surface area (Å²) in [5, 5.41) is 8.77. The number of benzene rings is 2. The lowest BCUT2D eigenvalue weighted by molar-refractivity contribution is -0.136. The van der Waals surface area contributed by atoms with Crippen LogP contribution in [0, 0.1) is 11.7 Å². The number of rotatable bonds is 9. The van der Waals surface area contributed by atoms with E-state index in [0.29, 0.717) is 31.2 Å². The summed E-state index contributed by atoms with van der Waals surface area (Å²) in [7, 11) is 1.59. The van der Waals surface area contributed by atoms with Crippen molar-refractivity contribution in [3.8, 4) is 11.5 Å². The van der Waals surface area contributed by atoms with Crippen LogP contribution in [-0.4, -0.2) is 42.8 Å². The van der Waals surface area contributed by atoms with Crippen molar-refractivity contribution in [1.82, 2.24) is 4.90 Å². The van der Waals surface area contributed by atoms with E-state index in [0.717, 1.165) is 30.0 Å². The van der Waals surface area contributed by atoms with Crippen LogP contribution in [0.2, 0.25) is 0 Å². The number of carboxylic acids is 1. The van der Waals surface area contributed by atoms with Crippen molar-refractivity contribution >= 4 is 5.97 Å². The van der Waals surface area contributed by atoms with Crippen LogP contribution in [0.25, 0.3) is 0 Å². The van der Waals surface area contributed by atoms with Crippen LogP contribution in [0.15, 0.2) is 42.5 Å². The van der Waals surface area contributed by atoms with Crippen LogP contribution in [0.1, 0.15) is 36.8 Å². The Kier molecular flexibility index (Phi) is 8.08. The maximum absolute atomic E-state index is 13.4. The fourth-order valence-corrected chi connectivity index (χ4v) is 3.28. The molecule has 0 atom stereocenters. The molecule has 2 aromatic carbocycles. The van der Waals surface area contributed by atoms with Gasteiger partial charge in [-0.15, -0.1) is 0 Å². The van der Waals surface area contributed by atoms with Crippen molar-refractivity contribution in [3.63, 3.8) is 0 Å². The summed E-state index contributed by atoms with van der Waals surface area (Å²) in [6, 6.07) is 12.2. The molecule has 6 heteroatoms. The lowest BCUT2D eigenvalue weighted by Crippen LogP contribution is -2.48. The molecule has 1 heterocycles. The Morgan fingerprint density at radius 3 is 2.60 bits per heavy atom. The van der Waals surface area contributed by atoms with Gasteiger partial charge in [-0.25, -0.2) is 4.39 Å². The number of hydrogen-bond acceptors (Lipinski definition) is 4. The standard InChI is InChI=1S/C21H24FNO4.C3H6/c1-26-20-7-6-18(22)10-17(20)13-23-11-16(12-23)14-27-19-4-2-3-15(9-19)5-8-21(24)25;1-2-3-1/h2-4,6-7,9-10,16H,5,8,11-14H2,1H3,(H,24,25);1-3H2. The van der Waals surface area contributed by atoms with Crippen molar-refractivity contribution in [3.05, 3.63) is 59.4 Å². The number of aryl methyl sites for hydroxylation is 1. The van der Waals surface area contributed by atoms with Gasteiger partial charge in [-0.05, 0) is 42.3 Å². The van der Waals surface area contributed by atoms with E-state index in [-0.39, 0.29) is 12.2 Å². The lowest BCUT2D eigenvalue weighted by atomic mass is 10.00. The summed E-state index contributed by atoms with van der Waals surface area (Å²) in [4.78, 5) is 12.9. The topological polar surface area (TPSA) is 59.0 Å². The molecule has 2 aliphatic rings. The van der Waals surface area contributed by atoms with Crippen LogP contribution in [0.5, 0.6) is 11.5 Å². The first kappa shape index (κ1) is 22.1. The van der Waals surface area contributed by atoms with Gasteiger partial charge in [-0.1, -0.05) is 31.4 Å². The molecule has 2 fully saturated rings. The highest BCUT2D eigenvalue weighted by atomic mass is 19.1. The summed E-state index contributed by atoms with van der Waals surface area (Å²) in [6.45, 7) is 3.04. The van der Waals surface area contributed by atoms with E-state index in [4.69, 9.17) is 14.6 Å². The van der Waals surface area contributed by atoms with E-state index < -0.39 is 5.97 Å². The van der Waals surface area contributed by atoms with Gasteiger partial charge < -0.3 is 14.6 Å². The Hall–Kier alpha value is -2.60. The van der Waals surface area contributed by atoms with E-state index in [1.54, 1.807) is 13.2 Å². The molecule has 30 heavy (non-hydrogen) atoms. The average Bonchev–Trinajstić information content (AvgIpc) is 3.58. The minimum atomic E-state index is -0.800. The molecule has 0 amide bonds. The van der Waals surface area contributed by atoms with Gasteiger partial charge in [0.25, 0.3) is 0 Å². The number of carboxylic acid groups (broad SMARTS) is 1. The predicted molar refractivity (Wildman–Crippen MR) is 113 cm³/mol. The molecule has 5 nitrogen and oxygen atoms in total. The smallest absolute Gasteiger partial charge is 0.303 e. The van der Waals surface area contributed by atoms with Crippen molar-refractivity contribution in [2.75, 3.05) is 26.8 Å². The highest BCUT2D eigenvalue weighted by molar-refractivity contribution is 5.67. The minimum absolute atomic E-state index is 0.116. The first-order valence-corrected chi connectivity index (χ1v) is 10.5. The summed E-state index contributed by atoms with van der Waals surface area (Å²) >= 11 is 0. The van der Waals surface area contributed by atoms with Crippen LogP contribution < -0.4 is 9.47 Å². The molecule has 0 unspecified atom stereocenters. The molecular formula is C24H30FNO4. The number of aliphatic carboxylic acids is 1. The maximum Gasteiger partial charge on any atom is 0.303 e. The summed E-state index contributed by atoms with van der Waals surface area (Å²) in [6.07, 6.45) is 5.11. The molecule has 1 aliphatic carbocycles. The molecule has 0 bridgehead atoms. The number of halogens is 1. The summed E-state index contributed by atoms with van der Waals surface area (Å²) < 4.78 is 24.6. The first-order chi connectivity index (χ1) is 14.5. The summed E-state index contributed by atoms with van der Waals surface area (Å²) in [5.74, 6) is 0.837. The molecule has 1 aliphatic heterocycles. The fourth-order valence-electron chi connectivity index (χ4n) is 3.28. The third kappa shape index (κ3) is 7.34. The Morgan fingerprint density at radius 1 is 1.17 bits per heavy atom. The third-order valence-electron chi connectivity index (χ3n) is 5.03. The van der Waals surface area contributed by atoms with E-state index in [9.17, 15) is 9.18 Å². The largest absolute Gasteiger partial charge is 0.496 e. The number of hydrogen-bond donors (Lipinski definition) is 1. The second kappa shape index (κ2) is 11.0. The van der Waals surface area contributed by atoms with Crippen molar-refractivity contribution in [2.24, 2.45) is 5.92 Å². The van der Waals surface area contributed by atoms with Crippen molar-refractivity contribution < 1.29 is 23.8 Å². The highest BCUT2D eigenvalue weighted by Crippen LogP contribution is 2.26. The van der Waals surface area contributed by atoms with Gasteiger partial charge in [0.05, 0.1) is 13.7 Å². The third-order valence-corrected chi connectivity index (χ3v) is 5.03. The number of carbonyl (C=O) groups is 1. The van der Waals surface area contributed by atoms with E-state index >= 15 is 0 Å². The second-order valence-corrected chi connectivity index (χ2v) is 7.93. The van der Waals surface area contributed by atoms with Gasteiger partial charge in [0.15, 0.2) is 0 Å². The maximum atomic E-state index is 13.4. The summed E-state index contributed by atoms with van der Waals surface area (Å²) in [5.41, 5.74) is 1.81. The van der Waals surface area contributed by atoms with Gasteiger partial charge in [0, 0.05) is 37.5 Å². The molecule has 0 spiro atoms. The number of nitrogens with zero attached hydrogens (tertiary/aromatic N) is 1. The lowest BCUT2D eigenvalue weighted by Gasteiger charge is -2.39. The zero-order valence-electron chi connectivity index (χ0n) is 17.5. The van der Waals surface area contributed by atoms with Crippen LogP contribution >= 0.6 is 0 Å². The van der Waals surface area contributed by atoms with Crippen molar-refractivity contribution in [2.45, 2.75) is 38.6 Å². The molecule has 2 aromatic rings. The molecule has 162 valence electrons. The van der Waals surface area contributed by atoms with Gasteiger partial charge in [0.2, 0.25) is 0 Å². The zero-order chi connectivity index (χ0) is 21.3. The average molecular weight is 416 g/mol. The van der Waals surface area contributed by atoms with Gasteiger partial charge >= 0.3 is 5.97 Å². The SMILES string of the molecule is C1CC1.COc1ccc(F)cc1CN1CC(COc2cccc(CCC(=O)O)c2)C1. The van der Waals surface area contributed by atoms with Gasteiger partial charge in [-0.3, -0.25) is 9.69 Å². The molecule has 4 rings (SSSR count). The molecule has 1 saturated carbocycles. The number of methoxy groups -OCH3 is 1. The molecule has 0 aromatic heterocycles. The van der Waals surface area contributed by atoms with Crippen LogP contribution in [-0.2, 0) is 17.8 Å². The van der Waals surface area contributed by atoms with Gasteiger partial charge in [0.1, 0.15) is 17.3 Å². The predicted octanol–water partition coefficient (Wildman–Crippen LogP) is 4.53. The molecule has 0 radical (unpaired) electrons. The fraction of sp³-hybridized carbons (Fsp3) is 0.458. The van der Waals surface area contributed by atoms with E-state index in [1.807, 2.05) is 24.3 Å². The van der Waals surface area contributed by atoms with Crippen LogP contribution in [0.4, 0.5) is 4.39 Å². The Bertz CT molecular complexity index is 831. The van der Waals surface area contributed by atoms with Gasteiger partial charge in [-0.2, -0.15) is 0 Å². The monoisotopic (exact) mass is 415 g/mol. The Balaban J connectivity index is 0.000000782. The molecule has 1 N–H and O–H groups in total. The highest BCUT2D eigenvalue weighted by Gasteiger charge is 2.28. The second-order valence-electron chi connectivity index (χ2n) is 7.93. The first-order valence-electron chi connectivity index (χ1n) is 10.5. The Morgan fingerprint density at radius 2 is 1.93 bits per heavy atom. The van der Waals surface area contributed by atoms with E-state index in [1.165, 1.54) is 31.4 Å².